The Bertz CT molecular complexity index is 1630. The highest BCUT2D eigenvalue weighted by Gasteiger charge is 2.42. The second-order valence-electron chi connectivity index (χ2n) is 11.6. The molecule has 3 aromatic heterocycles. The third kappa shape index (κ3) is 5.13. The maximum absolute atomic E-state index is 15.4. The van der Waals surface area contributed by atoms with Crippen LogP contribution in [-0.4, -0.2) is 82.9 Å². The van der Waals surface area contributed by atoms with Crippen LogP contribution in [0.15, 0.2) is 48.9 Å². The number of fused-ring (bicyclic) bond motifs is 1. The first kappa shape index (κ1) is 29.1. The second-order valence-corrected chi connectivity index (χ2v) is 11.6. The van der Waals surface area contributed by atoms with Crippen molar-refractivity contribution in [1.29, 1.82) is 0 Å². The quantitative estimate of drug-likeness (QED) is 0.349. The first-order chi connectivity index (χ1) is 20.6. The van der Waals surface area contributed by atoms with Crippen LogP contribution in [-0.2, 0) is 26.3 Å². The molecule has 2 aliphatic rings. The molecule has 226 valence electrons. The normalized spacial score (nSPS) is 21.6. The lowest BCUT2D eigenvalue weighted by Crippen LogP contribution is -2.62. The van der Waals surface area contributed by atoms with Crippen molar-refractivity contribution >= 4 is 17.1 Å². The number of benzene rings is 1. The van der Waals surface area contributed by atoms with E-state index in [1.54, 1.807) is 54.1 Å². The lowest BCUT2D eigenvalue weighted by atomic mass is 9.88. The van der Waals surface area contributed by atoms with Crippen molar-refractivity contribution in [3.05, 3.63) is 77.5 Å². The van der Waals surface area contributed by atoms with Crippen molar-refractivity contribution in [1.82, 2.24) is 24.5 Å². The SMILES string of the molecule is COC1(c2cc(F)c(-c3ccc4cnc(Cc5cnccc5N5C[C@@H](N)[C@@H](N(C)C(C)=O)[C@@H](C)C5)n4n3)c(F)c2)COC1. The summed E-state index contributed by atoms with van der Waals surface area (Å²) in [5, 5.41) is 4.61. The number of nitrogens with zero attached hydrogens (tertiary/aromatic N) is 6. The second kappa shape index (κ2) is 11.3. The molecule has 0 saturated carbocycles. The Kier molecular flexibility index (Phi) is 7.61. The van der Waals surface area contributed by atoms with Gasteiger partial charge in [-0.1, -0.05) is 6.92 Å². The van der Waals surface area contributed by atoms with E-state index in [4.69, 9.17) is 15.2 Å². The fourth-order valence-corrected chi connectivity index (χ4v) is 6.38. The van der Waals surface area contributed by atoms with E-state index in [2.05, 4.69) is 26.9 Å². The summed E-state index contributed by atoms with van der Waals surface area (Å²) in [6, 6.07) is 7.55. The summed E-state index contributed by atoms with van der Waals surface area (Å²) in [6.45, 7) is 5.41. The topological polar surface area (TPSA) is 111 Å². The van der Waals surface area contributed by atoms with Crippen LogP contribution in [0.25, 0.3) is 16.8 Å². The number of ether oxygens (including phenoxy) is 2. The third-order valence-corrected chi connectivity index (χ3v) is 8.81. The Hall–Kier alpha value is -4.00. The predicted molar refractivity (Wildman–Crippen MR) is 156 cm³/mol. The minimum Gasteiger partial charge on any atom is -0.375 e. The predicted octanol–water partition coefficient (Wildman–Crippen LogP) is 3.16. The van der Waals surface area contributed by atoms with Gasteiger partial charge in [0.25, 0.3) is 0 Å². The monoisotopic (exact) mass is 591 g/mol. The molecule has 0 aliphatic carbocycles. The maximum atomic E-state index is 15.4. The molecule has 10 nitrogen and oxygen atoms in total. The van der Waals surface area contributed by atoms with Gasteiger partial charge in [-0.2, -0.15) is 5.10 Å². The molecule has 0 spiro atoms. The number of halogens is 2. The van der Waals surface area contributed by atoms with Gasteiger partial charge in [-0.25, -0.2) is 18.3 Å². The number of imidazole rings is 1. The lowest BCUT2D eigenvalue weighted by Gasteiger charge is -2.46. The van der Waals surface area contributed by atoms with Crippen LogP contribution < -0.4 is 10.6 Å². The van der Waals surface area contributed by atoms with Crippen LogP contribution >= 0.6 is 0 Å². The molecule has 2 fully saturated rings. The Morgan fingerprint density at radius 2 is 1.93 bits per heavy atom. The number of hydrogen-bond acceptors (Lipinski definition) is 8. The molecule has 5 heterocycles. The summed E-state index contributed by atoms with van der Waals surface area (Å²) >= 11 is 0. The highest BCUT2D eigenvalue weighted by molar-refractivity contribution is 5.73. The number of aromatic nitrogens is 4. The number of amides is 1. The van der Waals surface area contributed by atoms with Crippen molar-refractivity contribution in [3.8, 4) is 11.3 Å². The molecule has 0 bridgehead atoms. The van der Waals surface area contributed by atoms with Crippen LogP contribution in [0.1, 0.15) is 30.8 Å². The van der Waals surface area contributed by atoms with Gasteiger partial charge in [0.1, 0.15) is 23.1 Å². The number of piperidine rings is 1. The standard InChI is InChI=1S/C31H35F2N7O3/c1-18-14-39(15-25(34)30(18)38(3)19(2)41)27-7-8-35-12-20(27)9-28-36-13-22-5-6-26(37-40(22)28)29-23(32)10-21(11-24(29)33)31(42-4)16-43-17-31/h5-8,10-13,18,25,30H,9,14-17,34H2,1-4H3/t18-,25+,30-/m0/s1. The number of carbonyl (C=O) groups excluding carboxylic acids is 1. The van der Waals surface area contributed by atoms with E-state index >= 15 is 8.78 Å². The van der Waals surface area contributed by atoms with Gasteiger partial charge in [-0.15, -0.1) is 0 Å². The van der Waals surface area contributed by atoms with Gasteiger partial charge < -0.3 is 25.0 Å². The molecule has 1 amide bonds. The van der Waals surface area contributed by atoms with Gasteiger partial charge in [0.15, 0.2) is 0 Å². The zero-order valence-electron chi connectivity index (χ0n) is 24.6. The minimum atomic E-state index is -0.850. The molecule has 2 aliphatic heterocycles. The number of methoxy groups -OCH3 is 1. The van der Waals surface area contributed by atoms with Gasteiger partial charge >= 0.3 is 0 Å². The molecular weight excluding hydrogens is 556 g/mol. The van der Waals surface area contributed by atoms with Crippen LogP contribution in [0.3, 0.4) is 0 Å². The first-order valence-electron chi connectivity index (χ1n) is 14.2. The van der Waals surface area contributed by atoms with Gasteiger partial charge in [0.05, 0.1) is 42.2 Å². The van der Waals surface area contributed by atoms with Crippen LogP contribution in [0.5, 0.6) is 0 Å². The van der Waals surface area contributed by atoms with Crippen molar-refractivity contribution in [2.45, 2.75) is 38.0 Å². The number of nitrogens with two attached hydrogens (primary N) is 1. The number of pyridine rings is 1. The maximum Gasteiger partial charge on any atom is 0.219 e. The van der Waals surface area contributed by atoms with Gasteiger partial charge in [0.2, 0.25) is 5.91 Å². The lowest BCUT2D eigenvalue weighted by molar-refractivity contribution is -0.202. The average molecular weight is 592 g/mol. The Labute approximate surface area is 248 Å². The van der Waals surface area contributed by atoms with Crippen molar-refractivity contribution < 1.29 is 23.0 Å². The minimum absolute atomic E-state index is 0.00836. The van der Waals surface area contributed by atoms with E-state index < -0.39 is 17.2 Å². The van der Waals surface area contributed by atoms with Crippen molar-refractivity contribution in [3.63, 3.8) is 0 Å². The van der Waals surface area contributed by atoms with Gasteiger partial charge in [0, 0.05) is 70.3 Å². The number of rotatable bonds is 7. The van der Waals surface area contributed by atoms with Crippen molar-refractivity contribution in [2.24, 2.45) is 11.7 Å². The molecule has 3 atom stereocenters. The number of likely N-dealkylation sites (N-methyl/N-ethyl adjacent to an activating group) is 1. The number of anilines is 1. The molecule has 2 saturated heterocycles. The molecule has 4 aromatic rings. The smallest absolute Gasteiger partial charge is 0.219 e. The van der Waals surface area contributed by atoms with E-state index in [-0.39, 0.29) is 48.4 Å². The van der Waals surface area contributed by atoms with E-state index in [1.165, 1.54) is 19.2 Å². The molecular formula is C31H35F2N7O3. The summed E-state index contributed by atoms with van der Waals surface area (Å²) in [4.78, 5) is 24.9. The van der Waals surface area contributed by atoms with Crippen LogP contribution in [0.2, 0.25) is 0 Å². The van der Waals surface area contributed by atoms with Crippen LogP contribution in [0, 0.1) is 17.6 Å². The Balaban J connectivity index is 1.30. The zero-order chi connectivity index (χ0) is 30.5. The fourth-order valence-electron chi connectivity index (χ4n) is 6.38. The summed E-state index contributed by atoms with van der Waals surface area (Å²) in [6.07, 6.45) is 5.59. The molecule has 0 radical (unpaired) electrons. The van der Waals surface area contributed by atoms with Crippen molar-refractivity contribution in [2.75, 3.05) is 45.4 Å². The molecule has 2 N–H and O–H groups in total. The highest BCUT2D eigenvalue weighted by atomic mass is 19.1. The Morgan fingerprint density at radius 1 is 1.19 bits per heavy atom. The first-order valence-corrected chi connectivity index (χ1v) is 14.2. The Morgan fingerprint density at radius 3 is 2.56 bits per heavy atom. The van der Waals surface area contributed by atoms with E-state index in [1.807, 2.05) is 6.07 Å². The number of carbonyl (C=O) groups is 1. The summed E-state index contributed by atoms with van der Waals surface area (Å²) in [5.41, 5.74) is 8.62. The summed E-state index contributed by atoms with van der Waals surface area (Å²) < 4.78 is 43.1. The molecule has 1 aromatic carbocycles. The highest BCUT2D eigenvalue weighted by Crippen LogP contribution is 2.37. The molecule has 6 rings (SSSR count). The molecule has 0 unspecified atom stereocenters. The van der Waals surface area contributed by atoms with E-state index in [0.29, 0.717) is 36.4 Å². The van der Waals surface area contributed by atoms with Crippen LogP contribution in [0.4, 0.5) is 14.5 Å². The molecule has 12 heteroatoms. The largest absolute Gasteiger partial charge is 0.375 e. The summed E-state index contributed by atoms with van der Waals surface area (Å²) in [5.74, 6) is -0.735. The van der Waals surface area contributed by atoms with Gasteiger partial charge in [-0.3, -0.25) is 9.78 Å². The third-order valence-electron chi connectivity index (χ3n) is 8.81. The fraction of sp³-hybridized carbons (Fsp3) is 0.419. The van der Waals surface area contributed by atoms with Gasteiger partial charge in [-0.05, 0) is 41.8 Å². The zero-order valence-corrected chi connectivity index (χ0v) is 24.6. The van der Waals surface area contributed by atoms with E-state index in [9.17, 15) is 4.79 Å². The van der Waals surface area contributed by atoms with E-state index in [0.717, 1.165) is 11.3 Å². The molecule has 43 heavy (non-hydrogen) atoms. The average Bonchev–Trinajstić information content (AvgIpc) is 3.34. The summed E-state index contributed by atoms with van der Waals surface area (Å²) in [7, 11) is 3.30. The number of hydrogen-bond donors (Lipinski definition) is 1.